The van der Waals surface area contributed by atoms with Crippen LogP contribution in [0.4, 0.5) is 0 Å². The molecular formula is C18H38IN3O. The Morgan fingerprint density at radius 2 is 1.83 bits per heavy atom. The summed E-state index contributed by atoms with van der Waals surface area (Å²) in [5, 5.41) is 16.1. The van der Waals surface area contributed by atoms with Gasteiger partial charge in [0, 0.05) is 25.7 Å². The van der Waals surface area contributed by atoms with Crippen LogP contribution in [0.3, 0.4) is 0 Å². The van der Waals surface area contributed by atoms with Gasteiger partial charge in [0.1, 0.15) is 0 Å². The Balaban J connectivity index is 0.00000484. The minimum atomic E-state index is 0. The molecule has 4 nitrogen and oxygen atoms in total. The van der Waals surface area contributed by atoms with E-state index in [0.29, 0.717) is 12.0 Å². The lowest BCUT2D eigenvalue weighted by Crippen LogP contribution is -2.45. The van der Waals surface area contributed by atoms with Crippen molar-refractivity contribution in [1.82, 2.24) is 10.6 Å². The van der Waals surface area contributed by atoms with Gasteiger partial charge >= 0.3 is 0 Å². The van der Waals surface area contributed by atoms with Crippen molar-refractivity contribution in [2.75, 3.05) is 19.7 Å². The van der Waals surface area contributed by atoms with Crippen LogP contribution in [0.2, 0.25) is 0 Å². The lowest BCUT2D eigenvalue weighted by atomic mass is 9.84. The van der Waals surface area contributed by atoms with Crippen LogP contribution >= 0.6 is 24.0 Å². The predicted octanol–water partition coefficient (Wildman–Crippen LogP) is 3.93. The van der Waals surface area contributed by atoms with Crippen molar-refractivity contribution in [1.29, 1.82) is 0 Å². The van der Waals surface area contributed by atoms with Crippen molar-refractivity contribution >= 4 is 29.9 Å². The quantitative estimate of drug-likeness (QED) is 0.290. The van der Waals surface area contributed by atoms with Crippen molar-refractivity contribution in [2.45, 2.75) is 78.2 Å². The number of aliphatic imine (C=N–C) groups is 1. The molecule has 0 bridgehead atoms. The molecule has 1 fully saturated rings. The highest BCUT2D eigenvalue weighted by molar-refractivity contribution is 14.0. The lowest BCUT2D eigenvalue weighted by Gasteiger charge is -2.29. The van der Waals surface area contributed by atoms with E-state index >= 15 is 0 Å². The van der Waals surface area contributed by atoms with Crippen LogP contribution in [0.15, 0.2) is 4.99 Å². The third-order valence-corrected chi connectivity index (χ3v) is 4.85. The van der Waals surface area contributed by atoms with Crippen molar-refractivity contribution in [3.63, 3.8) is 0 Å². The van der Waals surface area contributed by atoms with Crippen LogP contribution in [0, 0.1) is 11.8 Å². The van der Waals surface area contributed by atoms with Crippen LogP contribution < -0.4 is 10.6 Å². The molecule has 0 saturated heterocycles. The van der Waals surface area contributed by atoms with E-state index in [9.17, 15) is 0 Å². The molecule has 1 aliphatic rings. The molecule has 3 N–H and O–H groups in total. The fourth-order valence-electron chi connectivity index (χ4n) is 3.37. The SMILES string of the molecule is CCCC(CCO)CN=C(NCC)NC1CCC(CC)CC1.I. The fraction of sp³-hybridized carbons (Fsp3) is 0.944. The molecular weight excluding hydrogens is 401 g/mol. The van der Waals surface area contributed by atoms with Crippen molar-refractivity contribution < 1.29 is 5.11 Å². The number of nitrogens with zero attached hydrogens (tertiary/aromatic N) is 1. The summed E-state index contributed by atoms with van der Waals surface area (Å²) in [6.07, 6.45) is 9.69. The zero-order chi connectivity index (χ0) is 16.2. The van der Waals surface area contributed by atoms with E-state index in [1.165, 1.54) is 32.1 Å². The number of nitrogens with one attached hydrogen (secondary N) is 2. The Labute approximate surface area is 160 Å². The molecule has 23 heavy (non-hydrogen) atoms. The number of hydrogen-bond donors (Lipinski definition) is 3. The molecule has 0 aromatic rings. The molecule has 1 saturated carbocycles. The number of aliphatic hydroxyl groups is 1. The first-order valence-corrected chi connectivity index (χ1v) is 9.39. The van der Waals surface area contributed by atoms with Crippen molar-refractivity contribution in [2.24, 2.45) is 16.8 Å². The van der Waals surface area contributed by atoms with Gasteiger partial charge in [-0.25, -0.2) is 0 Å². The van der Waals surface area contributed by atoms with Crippen molar-refractivity contribution in [3.05, 3.63) is 0 Å². The minimum Gasteiger partial charge on any atom is -0.396 e. The Hall–Kier alpha value is -0.0400. The summed E-state index contributed by atoms with van der Waals surface area (Å²) in [6, 6.07) is 0.572. The van der Waals surface area contributed by atoms with E-state index < -0.39 is 0 Å². The number of halogens is 1. The number of rotatable bonds is 9. The Bertz CT molecular complexity index is 299. The monoisotopic (exact) mass is 439 g/mol. The smallest absolute Gasteiger partial charge is 0.191 e. The maximum absolute atomic E-state index is 9.16. The first kappa shape index (κ1) is 23.0. The van der Waals surface area contributed by atoms with Gasteiger partial charge in [-0.05, 0) is 57.3 Å². The summed E-state index contributed by atoms with van der Waals surface area (Å²) in [5.41, 5.74) is 0. The molecule has 138 valence electrons. The second kappa shape index (κ2) is 14.3. The van der Waals surface area contributed by atoms with Gasteiger partial charge in [-0.3, -0.25) is 4.99 Å². The molecule has 0 spiro atoms. The molecule has 1 aliphatic carbocycles. The van der Waals surface area contributed by atoms with E-state index in [0.717, 1.165) is 44.2 Å². The highest BCUT2D eigenvalue weighted by Crippen LogP contribution is 2.26. The molecule has 1 unspecified atom stereocenters. The molecule has 1 atom stereocenters. The standard InChI is InChI=1S/C18H37N3O.HI/c1-4-7-16(12-13-22)14-20-18(19-6-3)21-17-10-8-15(5-2)9-11-17;/h15-17,22H,4-14H2,1-3H3,(H2,19,20,21);1H. The van der Waals surface area contributed by atoms with E-state index in [1.54, 1.807) is 0 Å². The molecule has 0 aliphatic heterocycles. The van der Waals surface area contributed by atoms with Gasteiger partial charge in [0.25, 0.3) is 0 Å². The molecule has 0 aromatic carbocycles. The summed E-state index contributed by atoms with van der Waals surface area (Å²) >= 11 is 0. The fourth-order valence-corrected chi connectivity index (χ4v) is 3.37. The zero-order valence-electron chi connectivity index (χ0n) is 15.3. The lowest BCUT2D eigenvalue weighted by molar-refractivity contribution is 0.253. The van der Waals surface area contributed by atoms with Crippen LogP contribution in [-0.4, -0.2) is 36.8 Å². The van der Waals surface area contributed by atoms with E-state index in [2.05, 4.69) is 31.4 Å². The zero-order valence-corrected chi connectivity index (χ0v) is 17.6. The summed E-state index contributed by atoms with van der Waals surface area (Å²) in [5.74, 6) is 2.39. The van der Waals surface area contributed by atoms with Gasteiger partial charge in [0.2, 0.25) is 0 Å². The average Bonchev–Trinajstić information content (AvgIpc) is 2.53. The third-order valence-electron chi connectivity index (χ3n) is 4.85. The van der Waals surface area contributed by atoms with Gasteiger partial charge in [-0.1, -0.05) is 26.7 Å². The first-order valence-electron chi connectivity index (χ1n) is 9.39. The van der Waals surface area contributed by atoms with Gasteiger partial charge in [0.05, 0.1) is 0 Å². The van der Waals surface area contributed by atoms with Crippen LogP contribution in [0.1, 0.15) is 72.1 Å². The first-order chi connectivity index (χ1) is 10.7. The Morgan fingerprint density at radius 3 is 2.35 bits per heavy atom. The van der Waals surface area contributed by atoms with Gasteiger partial charge in [-0.2, -0.15) is 0 Å². The minimum absolute atomic E-state index is 0. The summed E-state index contributed by atoms with van der Waals surface area (Å²) in [4.78, 5) is 4.77. The average molecular weight is 439 g/mol. The van der Waals surface area contributed by atoms with E-state index in [-0.39, 0.29) is 30.6 Å². The summed E-state index contributed by atoms with van der Waals surface area (Å²) < 4.78 is 0. The maximum Gasteiger partial charge on any atom is 0.191 e. The van der Waals surface area contributed by atoms with Gasteiger partial charge < -0.3 is 15.7 Å². The highest BCUT2D eigenvalue weighted by Gasteiger charge is 2.20. The second-order valence-corrected chi connectivity index (χ2v) is 6.66. The van der Waals surface area contributed by atoms with Crippen LogP contribution in [-0.2, 0) is 0 Å². The largest absolute Gasteiger partial charge is 0.396 e. The molecule has 0 aromatic heterocycles. The number of guanidine groups is 1. The van der Waals surface area contributed by atoms with Crippen LogP contribution in [0.25, 0.3) is 0 Å². The normalized spacial score (nSPS) is 23.0. The summed E-state index contributed by atoms with van der Waals surface area (Å²) in [7, 11) is 0. The molecule has 0 radical (unpaired) electrons. The highest BCUT2D eigenvalue weighted by atomic mass is 127. The van der Waals surface area contributed by atoms with Gasteiger partial charge in [-0.15, -0.1) is 24.0 Å². The summed E-state index contributed by atoms with van der Waals surface area (Å²) in [6.45, 7) is 8.60. The second-order valence-electron chi connectivity index (χ2n) is 6.66. The number of aliphatic hydroxyl groups excluding tert-OH is 1. The third kappa shape index (κ3) is 9.75. The predicted molar refractivity (Wildman–Crippen MR) is 111 cm³/mol. The van der Waals surface area contributed by atoms with Crippen molar-refractivity contribution in [3.8, 4) is 0 Å². The Kier molecular flexibility index (Phi) is 14.3. The van der Waals surface area contributed by atoms with Crippen LogP contribution in [0.5, 0.6) is 0 Å². The van der Waals surface area contributed by atoms with E-state index in [1.807, 2.05) is 0 Å². The van der Waals surface area contributed by atoms with E-state index in [4.69, 9.17) is 10.1 Å². The topological polar surface area (TPSA) is 56.7 Å². The number of hydrogen-bond acceptors (Lipinski definition) is 2. The Morgan fingerprint density at radius 1 is 1.13 bits per heavy atom. The molecule has 0 amide bonds. The molecule has 5 heteroatoms. The van der Waals surface area contributed by atoms with Gasteiger partial charge in [0.15, 0.2) is 5.96 Å². The maximum atomic E-state index is 9.16. The molecule has 1 rings (SSSR count). The molecule has 0 heterocycles.